The molecule has 4 nitrogen and oxygen atoms in total. The van der Waals surface area contributed by atoms with Crippen molar-refractivity contribution in [3.8, 4) is 0 Å². The molecule has 2 aromatic rings. The van der Waals surface area contributed by atoms with E-state index in [-0.39, 0.29) is 5.13 Å². The van der Waals surface area contributed by atoms with Gasteiger partial charge in [0.1, 0.15) is 0 Å². The van der Waals surface area contributed by atoms with E-state index in [2.05, 4.69) is 9.36 Å². The second-order valence-electron chi connectivity index (χ2n) is 3.83. The molecule has 0 amide bonds. The van der Waals surface area contributed by atoms with Crippen LogP contribution in [0.25, 0.3) is 0 Å². The maximum Gasteiger partial charge on any atom is 0.452 e. The van der Waals surface area contributed by atoms with Gasteiger partial charge in [-0.15, -0.1) is 0 Å². The zero-order chi connectivity index (χ0) is 14.0. The molecule has 19 heavy (non-hydrogen) atoms. The molecule has 0 saturated carbocycles. The molecule has 2 N–H and O–H groups in total. The van der Waals surface area contributed by atoms with Crippen molar-refractivity contribution in [1.82, 2.24) is 9.36 Å². The van der Waals surface area contributed by atoms with Crippen LogP contribution in [0.5, 0.6) is 0 Å². The van der Waals surface area contributed by atoms with Gasteiger partial charge in [0, 0.05) is 30.8 Å². The molecule has 0 saturated heterocycles. The summed E-state index contributed by atoms with van der Waals surface area (Å²) in [7, 11) is 1.64. The Labute approximate surface area is 111 Å². The van der Waals surface area contributed by atoms with Crippen LogP contribution >= 0.6 is 11.5 Å². The average molecular weight is 288 g/mol. The molecule has 0 fully saturated rings. The zero-order valence-corrected chi connectivity index (χ0v) is 10.8. The highest BCUT2D eigenvalue weighted by Gasteiger charge is 2.36. The van der Waals surface area contributed by atoms with Gasteiger partial charge in [-0.25, -0.2) is 0 Å². The summed E-state index contributed by atoms with van der Waals surface area (Å²) in [6, 6.07) is 7.21. The first-order valence-electron chi connectivity index (χ1n) is 5.35. The Kier molecular flexibility index (Phi) is 3.72. The van der Waals surface area contributed by atoms with Crippen molar-refractivity contribution in [3.63, 3.8) is 0 Å². The molecule has 1 aromatic carbocycles. The smallest absolute Gasteiger partial charge is 0.326 e. The number of benzene rings is 1. The Morgan fingerprint density at radius 1 is 1.37 bits per heavy atom. The third-order valence-corrected chi connectivity index (χ3v) is 3.28. The van der Waals surface area contributed by atoms with Gasteiger partial charge in [0.15, 0.2) is 0 Å². The number of nitrogens with zero attached hydrogens (tertiary/aromatic N) is 3. The summed E-state index contributed by atoms with van der Waals surface area (Å²) >= 11 is 0.706. The standard InChI is InChI=1S/C11H11F3N4S/c1-18(8-4-2-3-7(5-8)6-15)10-16-9(17-19-10)11(12,13)14/h2-5H,6,15H2,1H3. The van der Waals surface area contributed by atoms with Gasteiger partial charge in [-0.2, -0.15) is 22.5 Å². The van der Waals surface area contributed by atoms with Crippen LogP contribution in [0, 0.1) is 0 Å². The summed E-state index contributed by atoms with van der Waals surface area (Å²) in [5.41, 5.74) is 7.14. The van der Waals surface area contributed by atoms with E-state index in [1.54, 1.807) is 30.1 Å². The summed E-state index contributed by atoms with van der Waals surface area (Å²) < 4.78 is 40.6. The predicted octanol–water partition coefficient (Wildman–Crippen LogP) is 2.78. The minimum Gasteiger partial charge on any atom is -0.326 e. The number of hydrogen-bond acceptors (Lipinski definition) is 5. The molecule has 1 heterocycles. The van der Waals surface area contributed by atoms with E-state index in [1.807, 2.05) is 6.07 Å². The highest BCUT2D eigenvalue weighted by Crippen LogP contribution is 2.32. The molecule has 2 rings (SSSR count). The Hall–Kier alpha value is -1.67. The zero-order valence-electron chi connectivity index (χ0n) is 9.98. The fourth-order valence-electron chi connectivity index (χ4n) is 1.47. The van der Waals surface area contributed by atoms with Crippen LogP contribution < -0.4 is 10.6 Å². The number of alkyl halides is 3. The van der Waals surface area contributed by atoms with Crippen LogP contribution in [0.4, 0.5) is 24.0 Å². The molecule has 0 atom stereocenters. The summed E-state index contributed by atoms with van der Waals surface area (Å²) in [6.07, 6.45) is -4.52. The van der Waals surface area contributed by atoms with E-state index in [1.165, 1.54) is 0 Å². The van der Waals surface area contributed by atoms with Crippen LogP contribution in [-0.2, 0) is 12.7 Å². The molecular formula is C11H11F3N4S. The van der Waals surface area contributed by atoms with Crippen LogP contribution in [0.1, 0.15) is 11.4 Å². The topological polar surface area (TPSA) is 55.0 Å². The lowest BCUT2D eigenvalue weighted by Gasteiger charge is -2.16. The highest BCUT2D eigenvalue weighted by atomic mass is 32.1. The van der Waals surface area contributed by atoms with Crippen molar-refractivity contribution >= 4 is 22.4 Å². The van der Waals surface area contributed by atoms with E-state index in [9.17, 15) is 13.2 Å². The van der Waals surface area contributed by atoms with Crippen LogP contribution in [0.3, 0.4) is 0 Å². The van der Waals surface area contributed by atoms with Gasteiger partial charge in [-0.05, 0) is 17.7 Å². The molecule has 0 spiro atoms. The van der Waals surface area contributed by atoms with Crippen molar-refractivity contribution in [1.29, 1.82) is 0 Å². The Morgan fingerprint density at radius 3 is 2.68 bits per heavy atom. The SMILES string of the molecule is CN(c1cccc(CN)c1)c1nc(C(F)(F)F)ns1. The second-order valence-corrected chi connectivity index (χ2v) is 4.56. The Bertz CT molecular complexity index is 567. The monoisotopic (exact) mass is 288 g/mol. The van der Waals surface area contributed by atoms with Crippen LogP contribution in [0.15, 0.2) is 24.3 Å². The molecule has 8 heteroatoms. The van der Waals surface area contributed by atoms with Gasteiger partial charge in [0.05, 0.1) is 0 Å². The maximum absolute atomic E-state index is 12.4. The molecule has 1 aromatic heterocycles. The second kappa shape index (κ2) is 5.14. The van der Waals surface area contributed by atoms with E-state index in [0.717, 1.165) is 5.56 Å². The fourth-order valence-corrected chi connectivity index (χ4v) is 2.14. The van der Waals surface area contributed by atoms with Gasteiger partial charge in [0.2, 0.25) is 11.0 Å². The first-order valence-corrected chi connectivity index (χ1v) is 6.13. The molecule has 0 aliphatic rings. The summed E-state index contributed by atoms with van der Waals surface area (Å²) in [6.45, 7) is 0.367. The number of anilines is 2. The first-order chi connectivity index (χ1) is 8.91. The number of aromatic nitrogens is 2. The number of nitrogens with two attached hydrogens (primary N) is 1. The molecule has 0 bridgehead atoms. The highest BCUT2D eigenvalue weighted by molar-refractivity contribution is 7.09. The van der Waals surface area contributed by atoms with E-state index in [0.29, 0.717) is 23.8 Å². The third kappa shape index (κ3) is 3.02. The van der Waals surface area contributed by atoms with Gasteiger partial charge in [0.25, 0.3) is 0 Å². The lowest BCUT2D eigenvalue weighted by Crippen LogP contribution is -2.12. The maximum atomic E-state index is 12.4. The summed E-state index contributed by atoms with van der Waals surface area (Å²) in [4.78, 5) is 5.04. The normalized spacial score (nSPS) is 11.6. The molecule has 0 unspecified atom stereocenters. The molecule has 0 aliphatic carbocycles. The molecular weight excluding hydrogens is 277 g/mol. The van der Waals surface area contributed by atoms with Crippen molar-refractivity contribution < 1.29 is 13.2 Å². The first kappa shape index (κ1) is 13.8. The molecule has 0 aliphatic heterocycles. The lowest BCUT2D eigenvalue weighted by atomic mass is 10.2. The predicted molar refractivity (Wildman–Crippen MR) is 67.3 cm³/mol. The van der Waals surface area contributed by atoms with E-state index < -0.39 is 12.0 Å². The average Bonchev–Trinajstić information content (AvgIpc) is 2.87. The largest absolute Gasteiger partial charge is 0.452 e. The van der Waals surface area contributed by atoms with Gasteiger partial charge in [-0.1, -0.05) is 12.1 Å². The van der Waals surface area contributed by atoms with Crippen molar-refractivity contribution in [2.75, 3.05) is 11.9 Å². The summed E-state index contributed by atoms with van der Waals surface area (Å²) in [5.74, 6) is -1.12. The van der Waals surface area contributed by atoms with Gasteiger partial charge < -0.3 is 10.6 Å². The van der Waals surface area contributed by atoms with Crippen molar-refractivity contribution in [2.45, 2.75) is 12.7 Å². The minimum atomic E-state index is -4.52. The number of halogens is 3. The molecule has 0 radical (unpaired) electrons. The number of hydrogen-bond donors (Lipinski definition) is 1. The Morgan fingerprint density at radius 2 is 2.11 bits per heavy atom. The van der Waals surface area contributed by atoms with Crippen molar-refractivity contribution in [3.05, 3.63) is 35.7 Å². The van der Waals surface area contributed by atoms with E-state index >= 15 is 0 Å². The van der Waals surface area contributed by atoms with Crippen LogP contribution in [-0.4, -0.2) is 16.4 Å². The van der Waals surface area contributed by atoms with Crippen LogP contribution in [0.2, 0.25) is 0 Å². The fraction of sp³-hybridized carbons (Fsp3) is 0.273. The van der Waals surface area contributed by atoms with E-state index in [4.69, 9.17) is 5.73 Å². The lowest BCUT2D eigenvalue weighted by molar-refractivity contribution is -0.144. The van der Waals surface area contributed by atoms with Crippen molar-refractivity contribution in [2.24, 2.45) is 5.73 Å². The summed E-state index contributed by atoms with van der Waals surface area (Å²) in [5, 5.41) is 0.182. The van der Waals surface area contributed by atoms with Gasteiger partial charge >= 0.3 is 6.18 Å². The van der Waals surface area contributed by atoms with Gasteiger partial charge in [-0.3, -0.25) is 0 Å². The third-order valence-electron chi connectivity index (χ3n) is 2.49. The minimum absolute atomic E-state index is 0.182. The molecule has 102 valence electrons. The Balaban J connectivity index is 2.28. The quantitative estimate of drug-likeness (QED) is 0.943. The number of rotatable bonds is 3.